The summed E-state index contributed by atoms with van der Waals surface area (Å²) in [5.41, 5.74) is 0.882. The maximum absolute atomic E-state index is 12.3. The van der Waals surface area contributed by atoms with Crippen LogP contribution in [0.1, 0.15) is 10.4 Å². The molecule has 1 aromatic rings. The molecular formula is C10H12F3NO2S. The lowest BCUT2D eigenvalue weighted by atomic mass is 10.3. The number of thiophene rings is 1. The van der Waals surface area contributed by atoms with Gasteiger partial charge < -0.3 is 5.11 Å². The number of hydrogen-bond donors (Lipinski definition) is 1. The molecule has 3 nitrogen and oxygen atoms in total. The van der Waals surface area contributed by atoms with Crippen molar-refractivity contribution >= 4 is 17.3 Å². The molecule has 0 fully saturated rings. The van der Waals surface area contributed by atoms with Crippen molar-refractivity contribution in [1.29, 1.82) is 0 Å². The van der Waals surface area contributed by atoms with Crippen molar-refractivity contribution in [3.05, 3.63) is 21.9 Å². The predicted molar refractivity (Wildman–Crippen MR) is 58.0 cm³/mol. The largest absolute Gasteiger partial charge is 0.480 e. The summed E-state index contributed by atoms with van der Waals surface area (Å²) in [6.07, 6.45) is -4.39. The number of carboxylic acid groups (broad SMARTS) is 1. The highest BCUT2D eigenvalue weighted by Gasteiger charge is 2.31. The molecular weight excluding hydrogens is 255 g/mol. The van der Waals surface area contributed by atoms with Crippen molar-refractivity contribution in [3.8, 4) is 0 Å². The summed E-state index contributed by atoms with van der Waals surface area (Å²) in [7, 11) is 0. The molecule has 0 aliphatic carbocycles. The normalized spacial score (nSPS) is 12.1. The lowest BCUT2D eigenvalue weighted by molar-refractivity contribution is -0.154. The number of nitrogens with zero attached hydrogens (tertiary/aromatic N) is 1. The maximum atomic E-state index is 12.3. The van der Waals surface area contributed by atoms with E-state index in [4.69, 9.17) is 5.11 Å². The monoisotopic (exact) mass is 267 g/mol. The minimum Gasteiger partial charge on any atom is -0.480 e. The maximum Gasteiger partial charge on any atom is 0.401 e. The number of alkyl halides is 3. The van der Waals surface area contributed by atoms with Crippen LogP contribution in [-0.4, -0.2) is 35.2 Å². The van der Waals surface area contributed by atoms with E-state index in [1.54, 1.807) is 18.4 Å². The first-order valence-electron chi connectivity index (χ1n) is 4.82. The molecule has 17 heavy (non-hydrogen) atoms. The number of halogens is 3. The molecule has 0 saturated carbocycles. The first-order valence-corrected chi connectivity index (χ1v) is 5.70. The van der Waals surface area contributed by atoms with Gasteiger partial charge in [-0.2, -0.15) is 13.2 Å². The zero-order chi connectivity index (χ0) is 13.1. The Balaban J connectivity index is 2.70. The first-order chi connectivity index (χ1) is 7.78. The Labute approximate surface area is 100 Å². The van der Waals surface area contributed by atoms with Crippen molar-refractivity contribution in [3.63, 3.8) is 0 Å². The van der Waals surface area contributed by atoms with Crippen LogP contribution in [0.2, 0.25) is 0 Å². The number of carboxylic acids is 1. The summed E-state index contributed by atoms with van der Waals surface area (Å²) in [6, 6.07) is 1.80. The van der Waals surface area contributed by atoms with Crippen LogP contribution in [0.4, 0.5) is 13.2 Å². The van der Waals surface area contributed by atoms with Gasteiger partial charge in [0.05, 0.1) is 13.1 Å². The number of hydrogen-bond acceptors (Lipinski definition) is 3. The Morgan fingerprint density at radius 1 is 1.53 bits per heavy atom. The second-order valence-corrected chi connectivity index (χ2v) is 4.68. The number of rotatable bonds is 5. The lowest BCUT2D eigenvalue weighted by Crippen LogP contribution is -2.37. The van der Waals surface area contributed by atoms with Crippen molar-refractivity contribution in [2.75, 3.05) is 13.1 Å². The second-order valence-electron chi connectivity index (χ2n) is 3.68. The summed E-state index contributed by atoms with van der Waals surface area (Å²) in [4.78, 5) is 12.1. The summed E-state index contributed by atoms with van der Waals surface area (Å²) in [6.45, 7) is -0.0266. The van der Waals surface area contributed by atoms with Crippen molar-refractivity contribution in [1.82, 2.24) is 4.90 Å². The fourth-order valence-electron chi connectivity index (χ4n) is 1.38. The van der Waals surface area contributed by atoms with Gasteiger partial charge in [-0.1, -0.05) is 0 Å². The fraction of sp³-hybridized carbons (Fsp3) is 0.500. The van der Waals surface area contributed by atoms with E-state index in [1.807, 2.05) is 0 Å². The van der Waals surface area contributed by atoms with Gasteiger partial charge in [0, 0.05) is 11.4 Å². The van der Waals surface area contributed by atoms with Crippen LogP contribution in [0.15, 0.2) is 11.4 Å². The molecule has 0 aliphatic rings. The highest BCUT2D eigenvalue weighted by atomic mass is 32.1. The van der Waals surface area contributed by atoms with Gasteiger partial charge in [-0.15, -0.1) is 11.3 Å². The molecule has 0 bridgehead atoms. The van der Waals surface area contributed by atoms with E-state index in [0.29, 0.717) is 0 Å². The predicted octanol–water partition coefficient (Wildman–Crippen LogP) is 2.51. The molecule has 0 aromatic carbocycles. The zero-order valence-electron chi connectivity index (χ0n) is 9.12. The molecule has 0 amide bonds. The van der Waals surface area contributed by atoms with Crippen molar-refractivity contribution in [2.45, 2.75) is 19.6 Å². The summed E-state index contributed by atoms with van der Waals surface area (Å²) < 4.78 is 36.8. The van der Waals surface area contributed by atoms with Crippen LogP contribution in [0.25, 0.3) is 0 Å². The number of carbonyl (C=O) groups is 1. The van der Waals surface area contributed by atoms with E-state index < -0.39 is 25.2 Å². The van der Waals surface area contributed by atoms with Gasteiger partial charge in [0.15, 0.2) is 0 Å². The summed E-state index contributed by atoms with van der Waals surface area (Å²) in [5, 5.41) is 10.3. The zero-order valence-corrected chi connectivity index (χ0v) is 9.94. The van der Waals surface area contributed by atoms with Crippen LogP contribution in [0.5, 0.6) is 0 Å². The SMILES string of the molecule is Cc1ccsc1CN(CC(=O)O)CC(F)(F)F. The Hall–Kier alpha value is -1.08. The number of aryl methyl sites for hydroxylation is 1. The standard InChI is InChI=1S/C10H12F3NO2S/c1-7-2-3-17-8(7)4-14(5-9(15)16)6-10(11,12)13/h2-3H,4-6H2,1H3,(H,15,16). The molecule has 0 unspecified atom stereocenters. The minimum atomic E-state index is -4.39. The highest BCUT2D eigenvalue weighted by Crippen LogP contribution is 2.21. The molecule has 1 N–H and O–H groups in total. The molecule has 1 heterocycles. The van der Waals surface area contributed by atoms with Gasteiger partial charge in [0.1, 0.15) is 0 Å². The summed E-state index contributed by atoms with van der Waals surface area (Å²) in [5.74, 6) is -1.26. The van der Waals surface area contributed by atoms with Crippen LogP contribution >= 0.6 is 11.3 Å². The molecule has 1 rings (SSSR count). The highest BCUT2D eigenvalue weighted by molar-refractivity contribution is 7.10. The quantitative estimate of drug-likeness (QED) is 0.891. The van der Waals surface area contributed by atoms with Crippen LogP contribution in [-0.2, 0) is 11.3 Å². The minimum absolute atomic E-state index is 0.00924. The van der Waals surface area contributed by atoms with E-state index in [0.717, 1.165) is 15.3 Å². The topological polar surface area (TPSA) is 40.5 Å². The van der Waals surface area contributed by atoms with E-state index in [2.05, 4.69) is 0 Å². The molecule has 7 heteroatoms. The van der Waals surface area contributed by atoms with Gasteiger partial charge in [-0.05, 0) is 23.9 Å². The van der Waals surface area contributed by atoms with E-state index in [-0.39, 0.29) is 6.54 Å². The third-order valence-corrected chi connectivity index (χ3v) is 3.10. The van der Waals surface area contributed by atoms with E-state index >= 15 is 0 Å². The van der Waals surface area contributed by atoms with Crippen molar-refractivity contribution < 1.29 is 23.1 Å². The molecule has 1 aromatic heterocycles. The Morgan fingerprint density at radius 3 is 2.59 bits per heavy atom. The second kappa shape index (κ2) is 5.50. The smallest absolute Gasteiger partial charge is 0.401 e. The van der Waals surface area contributed by atoms with E-state index in [1.165, 1.54) is 11.3 Å². The van der Waals surface area contributed by atoms with Crippen molar-refractivity contribution in [2.24, 2.45) is 0 Å². The Kier molecular flexibility index (Phi) is 4.53. The Bertz CT molecular complexity index is 389. The van der Waals surface area contributed by atoms with Gasteiger partial charge in [0.25, 0.3) is 0 Å². The number of aliphatic carboxylic acids is 1. The molecule has 0 spiro atoms. The Morgan fingerprint density at radius 2 is 2.18 bits per heavy atom. The average Bonchev–Trinajstić information content (AvgIpc) is 2.47. The third-order valence-electron chi connectivity index (χ3n) is 2.10. The molecule has 0 saturated heterocycles. The average molecular weight is 267 g/mol. The van der Waals surface area contributed by atoms with Crippen LogP contribution < -0.4 is 0 Å². The van der Waals surface area contributed by atoms with E-state index in [9.17, 15) is 18.0 Å². The first kappa shape index (κ1) is 14.0. The molecule has 0 aliphatic heterocycles. The molecule has 96 valence electrons. The molecule has 0 radical (unpaired) electrons. The van der Waals surface area contributed by atoms with Crippen LogP contribution in [0, 0.1) is 6.92 Å². The van der Waals surface area contributed by atoms with Gasteiger partial charge >= 0.3 is 12.1 Å². The fourth-order valence-corrected chi connectivity index (χ4v) is 2.33. The summed E-state index contributed by atoms with van der Waals surface area (Å²) >= 11 is 1.33. The lowest BCUT2D eigenvalue weighted by Gasteiger charge is -2.21. The van der Waals surface area contributed by atoms with Gasteiger partial charge in [-0.3, -0.25) is 9.69 Å². The van der Waals surface area contributed by atoms with Crippen LogP contribution in [0.3, 0.4) is 0 Å². The third kappa shape index (κ3) is 5.18. The van der Waals surface area contributed by atoms with Gasteiger partial charge in [-0.25, -0.2) is 0 Å². The van der Waals surface area contributed by atoms with Gasteiger partial charge in [0.2, 0.25) is 0 Å². The molecule has 0 atom stereocenters.